The van der Waals surface area contributed by atoms with E-state index in [2.05, 4.69) is 16.2 Å². The van der Waals surface area contributed by atoms with Crippen molar-refractivity contribution in [3.05, 3.63) is 29.6 Å². The summed E-state index contributed by atoms with van der Waals surface area (Å²) in [6.07, 6.45) is 4.41. The number of H-pyrrole nitrogens is 1. The Morgan fingerprint density at radius 2 is 2.41 bits per heavy atom. The number of aliphatic hydroxyl groups is 1. The number of nitrogens with one attached hydrogen (secondary N) is 1. The number of nitrogens with zero attached hydrogens (tertiary/aromatic N) is 2. The fraction of sp³-hybridized carbons (Fsp3) is 0.500. The van der Waals surface area contributed by atoms with Gasteiger partial charge in [-0.15, -0.1) is 0 Å². The molecule has 1 amide bonds. The van der Waals surface area contributed by atoms with Crippen LogP contribution >= 0.6 is 11.8 Å². The molecule has 0 aliphatic carbocycles. The number of benzene rings is 1. The van der Waals surface area contributed by atoms with Crippen LogP contribution in [0.2, 0.25) is 0 Å². The fourth-order valence-corrected chi connectivity index (χ4v) is 3.82. The standard InChI is InChI=1S/C16H21N3O2S/c1-22-10-11-3-2-6-19(8-11)16(21)12-4-5-13-14(7-12)18-15(9-20)17-13/h4-5,7,11,20H,2-3,6,8-10H2,1H3,(H,17,18)/t11-/m0/s1. The van der Waals surface area contributed by atoms with Gasteiger partial charge >= 0.3 is 0 Å². The van der Waals surface area contributed by atoms with Gasteiger partial charge in [0.15, 0.2) is 0 Å². The Morgan fingerprint density at radius 1 is 1.55 bits per heavy atom. The van der Waals surface area contributed by atoms with Crippen LogP contribution in [0.25, 0.3) is 11.0 Å². The van der Waals surface area contributed by atoms with E-state index in [4.69, 9.17) is 5.11 Å². The number of carbonyl (C=O) groups excluding carboxylic acids is 1. The number of carbonyl (C=O) groups is 1. The maximum absolute atomic E-state index is 12.7. The SMILES string of the molecule is CSC[C@H]1CCCN(C(=O)c2ccc3nc(CO)[nH]c3c2)C1. The van der Waals surface area contributed by atoms with Crippen LogP contribution in [0.15, 0.2) is 18.2 Å². The van der Waals surface area contributed by atoms with Crippen molar-refractivity contribution in [1.29, 1.82) is 0 Å². The zero-order valence-corrected chi connectivity index (χ0v) is 13.5. The molecule has 0 saturated carbocycles. The Kier molecular flexibility index (Phi) is 4.69. The van der Waals surface area contributed by atoms with Gasteiger partial charge in [0.05, 0.1) is 11.0 Å². The van der Waals surface area contributed by atoms with E-state index in [0.717, 1.165) is 36.3 Å². The van der Waals surface area contributed by atoms with Gasteiger partial charge in [0.2, 0.25) is 0 Å². The number of likely N-dealkylation sites (tertiary alicyclic amines) is 1. The van der Waals surface area contributed by atoms with Gasteiger partial charge in [0.1, 0.15) is 12.4 Å². The van der Waals surface area contributed by atoms with Gasteiger partial charge in [-0.3, -0.25) is 4.79 Å². The Balaban J connectivity index is 1.79. The first-order chi connectivity index (χ1) is 10.7. The Bertz CT molecular complexity index is 668. The summed E-state index contributed by atoms with van der Waals surface area (Å²) >= 11 is 1.85. The summed E-state index contributed by atoms with van der Waals surface area (Å²) in [5, 5.41) is 9.13. The summed E-state index contributed by atoms with van der Waals surface area (Å²) in [5.41, 5.74) is 2.26. The number of imidazole rings is 1. The van der Waals surface area contributed by atoms with Gasteiger partial charge in [-0.25, -0.2) is 4.98 Å². The van der Waals surface area contributed by atoms with E-state index < -0.39 is 0 Å². The van der Waals surface area contributed by atoms with Crippen LogP contribution in [0.1, 0.15) is 29.0 Å². The summed E-state index contributed by atoms with van der Waals surface area (Å²) in [6.45, 7) is 1.57. The minimum atomic E-state index is -0.125. The molecule has 0 bridgehead atoms. The van der Waals surface area contributed by atoms with Gasteiger partial charge in [0, 0.05) is 18.7 Å². The molecule has 3 rings (SSSR count). The molecular formula is C16H21N3O2S. The second kappa shape index (κ2) is 6.71. The van der Waals surface area contributed by atoms with Crippen molar-refractivity contribution in [2.24, 2.45) is 5.92 Å². The van der Waals surface area contributed by atoms with Crippen molar-refractivity contribution in [2.45, 2.75) is 19.4 Å². The minimum absolute atomic E-state index is 0.0906. The maximum atomic E-state index is 12.7. The van der Waals surface area contributed by atoms with Crippen LogP contribution in [-0.4, -0.2) is 51.0 Å². The summed E-state index contributed by atoms with van der Waals surface area (Å²) in [4.78, 5) is 22.0. The molecule has 118 valence electrons. The first-order valence-electron chi connectivity index (χ1n) is 7.59. The number of amides is 1. The zero-order valence-electron chi connectivity index (χ0n) is 12.7. The molecule has 1 atom stereocenters. The van der Waals surface area contributed by atoms with Crippen molar-refractivity contribution in [1.82, 2.24) is 14.9 Å². The van der Waals surface area contributed by atoms with Crippen molar-refractivity contribution in [3.63, 3.8) is 0 Å². The zero-order chi connectivity index (χ0) is 15.5. The van der Waals surface area contributed by atoms with Crippen LogP contribution < -0.4 is 0 Å². The molecular weight excluding hydrogens is 298 g/mol. The third kappa shape index (κ3) is 3.13. The highest BCUT2D eigenvalue weighted by molar-refractivity contribution is 7.98. The molecule has 2 heterocycles. The quantitative estimate of drug-likeness (QED) is 0.907. The van der Waals surface area contributed by atoms with E-state index in [1.807, 2.05) is 34.9 Å². The summed E-state index contributed by atoms with van der Waals surface area (Å²) in [5.74, 6) is 2.33. The molecule has 1 aromatic carbocycles. The van der Waals surface area contributed by atoms with Crippen LogP contribution in [0, 0.1) is 5.92 Å². The van der Waals surface area contributed by atoms with E-state index in [0.29, 0.717) is 17.3 Å². The number of hydrogen-bond acceptors (Lipinski definition) is 4. The molecule has 6 heteroatoms. The van der Waals surface area contributed by atoms with E-state index in [-0.39, 0.29) is 12.5 Å². The van der Waals surface area contributed by atoms with Crippen LogP contribution in [-0.2, 0) is 6.61 Å². The number of aromatic amines is 1. The number of hydrogen-bond donors (Lipinski definition) is 2. The molecule has 1 aromatic heterocycles. The first-order valence-corrected chi connectivity index (χ1v) is 8.98. The lowest BCUT2D eigenvalue weighted by atomic mass is 9.99. The average Bonchev–Trinajstić information content (AvgIpc) is 2.97. The molecule has 2 N–H and O–H groups in total. The molecule has 0 spiro atoms. The van der Waals surface area contributed by atoms with E-state index in [1.165, 1.54) is 6.42 Å². The molecule has 22 heavy (non-hydrogen) atoms. The molecule has 0 unspecified atom stereocenters. The van der Waals surface area contributed by atoms with E-state index in [9.17, 15) is 4.79 Å². The summed E-state index contributed by atoms with van der Waals surface area (Å²) in [7, 11) is 0. The first kappa shape index (κ1) is 15.4. The molecule has 1 fully saturated rings. The highest BCUT2D eigenvalue weighted by atomic mass is 32.2. The third-order valence-electron chi connectivity index (χ3n) is 4.14. The van der Waals surface area contributed by atoms with Crippen molar-refractivity contribution in [2.75, 3.05) is 25.1 Å². The maximum Gasteiger partial charge on any atom is 0.253 e. The normalized spacial score (nSPS) is 18.8. The van der Waals surface area contributed by atoms with Crippen LogP contribution in [0.5, 0.6) is 0 Å². The van der Waals surface area contributed by atoms with Crippen LogP contribution in [0.3, 0.4) is 0 Å². The number of rotatable bonds is 4. The van der Waals surface area contributed by atoms with Crippen LogP contribution in [0.4, 0.5) is 0 Å². The molecule has 1 aliphatic heterocycles. The number of piperidine rings is 1. The van der Waals surface area contributed by atoms with Gasteiger partial charge in [-0.2, -0.15) is 11.8 Å². The lowest BCUT2D eigenvalue weighted by Crippen LogP contribution is -2.40. The lowest BCUT2D eigenvalue weighted by Gasteiger charge is -2.32. The monoisotopic (exact) mass is 319 g/mol. The molecule has 1 aliphatic rings. The molecule has 1 saturated heterocycles. The van der Waals surface area contributed by atoms with Gasteiger partial charge in [0.25, 0.3) is 5.91 Å². The predicted octanol–water partition coefficient (Wildman–Crippen LogP) is 2.27. The molecule has 5 nitrogen and oxygen atoms in total. The predicted molar refractivity (Wildman–Crippen MR) is 89.0 cm³/mol. The van der Waals surface area contributed by atoms with E-state index >= 15 is 0 Å². The highest BCUT2D eigenvalue weighted by Gasteiger charge is 2.24. The number of aliphatic hydroxyl groups excluding tert-OH is 1. The molecule has 2 aromatic rings. The van der Waals surface area contributed by atoms with Gasteiger partial charge < -0.3 is 15.0 Å². The number of aromatic nitrogens is 2. The Hall–Kier alpha value is -1.53. The highest BCUT2D eigenvalue weighted by Crippen LogP contribution is 2.22. The second-order valence-electron chi connectivity index (χ2n) is 5.79. The number of fused-ring (bicyclic) bond motifs is 1. The van der Waals surface area contributed by atoms with Gasteiger partial charge in [-0.05, 0) is 49.0 Å². The summed E-state index contributed by atoms with van der Waals surface area (Å²) in [6, 6.07) is 5.49. The second-order valence-corrected chi connectivity index (χ2v) is 6.70. The number of thioether (sulfide) groups is 1. The lowest BCUT2D eigenvalue weighted by molar-refractivity contribution is 0.0685. The van der Waals surface area contributed by atoms with Crippen molar-refractivity contribution < 1.29 is 9.90 Å². The third-order valence-corrected chi connectivity index (χ3v) is 4.94. The summed E-state index contributed by atoms with van der Waals surface area (Å²) < 4.78 is 0. The molecule has 0 radical (unpaired) electrons. The minimum Gasteiger partial charge on any atom is -0.388 e. The van der Waals surface area contributed by atoms with Crippen molar-refractivity contribution in [3.8, 4) is 0 Å². The largest absolute Gasteiger partial charge is 0.388 e. The Labute approximate surface area is 134 Å². The van der Waals surface area contributed by atoms with Crippen molar-refractivity contribution >= 4 is 28.7 Å². The topological polar surface area (TPSA) is 69.2 Å². The van der Waals surface area contributed by atoms with E-state index in [1.54, 1.807) is 0 Å². The smallest absolute Gasteiger partial charge is 0.253 e. The fourth-order valence-electron chi connectivity index (χ4n) is 3.07. The Morgan fingerprint density at radius 3 is 3.18 bits per heavy atom. The van der Waals surface area contributed by atoms with Gasteiger partial charge in [-0.1, -0.05) is 0 Å². The average molecular weight is 319 g/mol.